The number of H-pyrrole nitrogens is 1. The number of hydrogen-bond donors (Lipinski definition) is 3. The van der Waals surface area contributed by atoms with Crippen LogP contribution in [0.5, 0.6) is 0 Å². The Bertz CT molecular complexity index is 1400. The first-order valence-corrected chi connectivity index (χ1v) is 11.5. The summed E-state index contributed by atoms with van der Waals surface area (Å²) in [7, 11) is 1.69. The van der Waals surface area contributed by atoms with Gasteiger partial charge in [0.15, 0.2) is 11.6 Å². The summed E-state index contributed by atoms with van der Waals surface area (Å²) in [5.74, 6) is -0.834. The first kappa shape index (κ1) is 21.0. The Hall–Kier alpha value is -3.53. The molecule has 5 heterocycles. The fourth-order valence-corrected chi connectivity index (χ4v) is 5.26. The Morgan fingerprint density at radius 2 is 1.97 bits per heavy atom. The van der Waals surface area contributed by atoms with Gasteiger partial charge in [0.1, 0.15) is 11.4 Å². The highest BCUT2D eigenvalue weighted by Crippen LogP contribution is 2.42. The van der Waals surface area contributed by atoms with Crippen LogP contribution in [-0.4, -0.2) is 56.8 Å². The normalized spacial score (nSPS) is 18.6. The molecule has 0 saturated carbocycles. The number of amides is 2. The fraction of sp³-hybridized carbons (Fsp3) is 0.348. The number of carbonyl (C=O) groups excluding carboxylic acids is 2. The quantitative estimate of drug-likeness (QED) is 0.485. The molecular formula is C23H21ClFN7O2. The second kappa shape index (κ2) is 7.49. The highest BCUT2D eigenvalue weighted by atomic mass is 35.5. The number of pyridine rings is 1. The first-order valence-electron chi connectivity index (χ1n) is 11.1. The summed E-state index contributed by atoms with van der Waals surface area (Å²) in [6.45, 7) is 3.06. The summed E-state index contributed by atoms with van der Waals surface area (Å²) < 4.78 is 16.0. The third kappa shape index (κ3) is 3.01. The van der Waals surface area contributed by atoms with Crippen molar-refractivity contribution in [3.8, 4) is 11.3 Å². The summed E-state index contributed by atoms with van der Waals surface area (Å²) >= 11 is 6.10. The van der Waals surface area contributed by atoms with Crippen LogP contribution in [0, 0.1) is 5.82 Å². The van der Waals surface area contributed by atoms with Gasteiger partial charge in [0.25, 0.3) is 11.8 Å². The topological polar surface area (TPSA) is 116 Å². The molecule has 0 spiro atoms. The van der Waals surface area contributed by atoms with Crippen LogP contribution >= 0.6 is 11.6 Å². The second-order valence-corrected chi connectivity index (χ2v) is 9.30. The van der Waals surface area contributed by atoms with Gasteiger partial charge in [-0.05, 0) is 35.6 Å². The molecule has 0 bridgehead atoms. The van der Waals surface area contributed by atoms with Crippen molar-refractivity contribution in [3.63, 3.8) is 0 Å². The van der Waals surface area contributed by atoms with Gasteiger partial charge >= 0.3 is 0 Å². The van der Waals surface area contributed by atoms with Gasteiger partial charge in [0, 0.05) is 49.9 Å². The van der Waals surface area contributed by atoms with Crippen LogP contribution in [0.4, 0.5) is 16.0 Å². The molecule has 6 rings (SSSR count). The number of fused-ring (bicyclic) bond motifs is 6. The Labute approximate surface area is 199 Å². The van der Waals surface area contributed by atoms with Crippen molar-refractivity contribution in [2.24, 2.45) is 0 Å². The van der Waals surface area contributed by atoms with Crippen molar-refractivity contribution in [1.29, 1.82) is 0 Å². The fourth-order valence-electron chi connectivity index (χ4n) is 5.07. The second-order valence-electron chi connectivity index (χ2n) is 8.96. The number of nitrogens with zero attached hydrogens (tertiary/aromatic N) is 4. The lowest BCUT2D eigenvalue weighted by molar-refractivity contribution is 0.0779. The zero-order chi connectivity index (χ0) is 23.7. The van der Waals surface area contributed by atoms with Crippen molar-refractivity contribution in [2.75, 3.05) is 25.5 Å². The van der Waals surface area contributed by atoms with Gasteiger partial charge in [-0.1, -0.05) is 6.92 Å². The van der Waals surface area contributed by atoms with E-state index in [0.717, 1.165) is 16.8 Å². The number of halogens is 2. The monoisotopic (exact) mass is 481 g/mol. The molecule has 34 heavy (non-hydrogen) atoms. The standard InChI is InChI=1S/C23H21ClFN7O2/c1-9-7-27-21(33)14-11-4-3-10-8-26-20(16(25)13(10)18(11)29-17(9)14)30-19-15-12(28-23(24)31-19)5-6-32(2)22(15)34/h8-9,29H,3-7H2,1-2H3,(H,27,33)(H,26,28,30,31). The lowest BCUT2D eigenvalue weighted by Gasteiger charge is -2.26. The molecule has 11 heteroatoms. The molecule has 2 aliphatic heterocycles. The number of hydrogen-bond acceptors (Lipinski definition) is 6. The van der Waals surface area contributed by atoms with E-state index < -0.39 is 5.82 Å². The summed E-state index contributed by atoms with van der Waals surface area (Å²) in [4.78, 5) is 42.9. The van der Waals surface area contributed by atoms with Crippen LogP contribution in [0.15, 0.2) is 6.20 Å². The van der Waals surface area contributed by atoms with E-state index in [4.69, 9.17) is 11.6 Å². The molecule has 3 aliphatic rings. The van der Waals surface area contributed by atoms with Gasteiger partial charge in [-0.3, -0.25) is 9.59 Å². The molecule has 1 unspecified atom stereocenters. The van der Waals surface area contributed by atoms with E-state index in [0.29, 0.717) is 54.9 Å². The van der Waals surface area contributed by atoms with Gasteiger partial charge in [-0.25, -0.2) is 14.4 Å². The molecule has 0 radical (unpaired) electrons. The van der Waals surface area contributed by atoms with Crippen molar-refractivity contribution in [2.45, 2.75) is 32.1 Å². The summed E-state index contributed by atoms with van der Waals surface area (Å²) in [6.07, 6.45) is 3.33. The Morgan fingerprint density at radius 1 is 1.15 bits per heavy atom. The van der Waals surface area contributed by atoms with Crippen molar-refractivity contribution in [3.05, 3.63) is 50.9 Å². The van der Waals surface area contributed by atoms with Crippen LogP contribution in [-0.2, 0) is 19.3 Å². The van der Waals surface area contributed by atoms with E-state index in [2.05, 4.69) is 30.6 Å². The molecule has 1 atom stereocenters. The average Bonchev–Trinajstić information content (AvgIpc) is 3.21. The molecule has 3 N–H and O–H groups in total. The number of aromatic nitrogens is 4. The molecule has 0 saturated heterocycles. The maximum absolute atomic E-state index is 16.0. The van der Waals surface area contributed by atoms with Crippen molar-refractivity contribution >= 4 is 35.1 Å². The Morgan fingerprint density at radius 3 is 2.79 bits per heavy atom. The number of likely N-dealkylation sites (N-methyl/N-ethyl adjacent to an activating group) is 1. The van der Waals surface area contributed by atoms with Crippen LogP contribution in [0.2, 0.25) is 5.28 Å². The molecule has 9 nitrogen and oxygen atoms in total. The number of rotatable bonds is 2. The largest absolute Gasteiger partial charge is 0.357 e. The minimum absolute atomic E-state index is 0.0312. The van der Waals surface area contributed by atoms with E-state index >= 15 is 4.39 Å². The number of anilines is 2. The van der Waals surface area contributed by atoms with Crippen LogP contribution in [0.3, 0.4) is 0 Å². The van der Waals surface area contributed by atoms with E-state index in [1.165, 1.54) is 0 Å². The van der Waals surface area contributed by atoms with E-state index in [-0.39, 0.29) is 40.2 Å². The summed E-state index contributed by atoms with van der Waals surface area (Å²) in [5.41, 5.74) is 4.79. The predicted octanol–water partition coefficient (Wildman–Crippen LogP) is 2.98. The summed E-state index contributed by atoms with van der Waals surface area (Å²) in [6, 6.07) is 0. The van der Waals surface area contributed by atoms with Gasteiger partial charge in [0.2, 0.25) is 5.28 Å². The zero-order valence-electron chi connectivity index (χ0n) is 18.6. The van der Waals surface area contributed by atoms with Gasteiger partial charge in [0.05, 0.1) is 17.0 Å². The van der Waals surface area contributed by atoms with E-state index in [1.807, 2.05) is 6.92 Å². The molecule has 3 aromatic heterocycles. The van der Waals surface area contributed by atoms with Gasteiger partial charge < -0.3 is 20.5 Å². The number of aryl methyl sites for hydroxylation is 1. The van der Waals surface area contributed by atoms with Crippen molar-refractivity contribution < 1.29 is 14.0 Å². The van der Waals surface area contributed by atoms with E-state index in [1.54, 1.807) is 18.1 Å². The molecule has 0 aromatic carbocycles. The molecule has 2 amide bonds. The minimum atomic E-state index is -0.579. The van der Waals surface area contributed by atoms with Crippen LogP contribution in [0.1, 0.15) is 56.1 Å². The highest BCUT2D eigenvalue weighted by molar-refractivity contribution is 6.28. The van der Waals surface area contributed by atoms with Crippen molar-refractivity contribution in [1.82, 2.24) is 30.2 Å². The average molecular weight is 482 g/mol. The lowest BCUT2D eigenvalue weighted by Crippen LogP contribution is -2.35. The minimum Gasteiger partial charge on any atom is -0.357 e. The maximum Gasteiger partial charge on any atom is 0.259 e. The van der Waals surface area contributed by atoms with Crippen LogP contribution < -0.4 is 10.6 Å². The highest BCUT2D eigenvalue weighted by Gasteiger charge is 2.35. The summed E-state index contributed by atoms with van der Waals surface area (Å²) in [5, 5.41) is 5.77. The lowest BCUT2D eigenvalue weighted by atomic mass is 9.87. The smallest absolute Gasteiger partial charge is 0.259 e. The number of carbonyl (C=O) groups is 2. The molecule has 0 fully saturated rings. The zero-order valence-corrected chi connectivity index (χ0v) is 19.3. The van der Waals surface area contributed by atoms with E-state index in [9.17, 15) is 9.59 Å². The molecule has 174 valence electrons. The Kier molecular flexibility index (Phi) is 4.63. The molecular weight excluding hydrogens is 461 g/mol. The third-order valence-corrected chi connectivity index (χ3v) is 7.02. The third-order valence-electron chi connectivity index (χ3n) is 6.85. The van der Waals surface area contributed by atoms with Gasteiger partial charge in [-0.2, -0.15) is 4.98 Å². The Balaban J connectivity index is 1.47. The van der Waals surface area contributed by atoms with Crippen LogP contribution in [0.25, 0.3) is 11.3 Å². The SMILES string of the molecule is CC1CNC(=O)c2c1[nH]c1c2CCc2cnc(Nc3nc(Cl)nc4c3C(=O)N(C)CC4)c(F)c2-1. The number of aromatic amines is 1. The van der Waals surface area contributed by atoms with Gasteiger partial charge in [-0.15, -0.1) is 0 Å². The molecule has 1 aliphatic carbocycles. The maximum atomic E-state index is 16.0. The first-order chi connectivity index (χ1) is 16.3. The predicted molar refractivity (Wildman–Crippen MR) is 123 cm³/mol. The number of nitrogens with one attached hydrogen (secondary N) is 3. The molecule has 3 aromatic rings.